The van der Waals surface area contributed by atoms with Crippen LogP contribution in [0.3, 0.4) is 0 Å². The Labute approximate surface area is 147 Å². The fourth-order valence-electron chi connectivity index (χ4n) is 4.06. The highest BCUT2D eigenvalue weighted by Crippen LogP contribution is 2.35. The zero-order chi connectivity index (χ0) is 17.7. The average molecular weight is 347 g/mol. The number of carboxylic acids is 1. The third-order valence-corrected chi connectivity index (χ3v) is 5.33. The maximum absolute atomic E-state index is 13.2. The Morgan fingerprint density at radius 2 is 2.20 bits per heavy atom. The quantitative estimate of drug-likeness (QED) is 0.686. The predicted molar refractivity (Wildman–Crippen MR) is 96.0 cm³/mol. The molecular formula is C19H26FN3O2. The van der Waals surface area contributed by atoms with Crippen molar-refractivity contribution in [3.63, 3.8) is 0 Å². The molecular weight excluding hydrogens is 321 g/mol. The summed E-state index contributed by atoms with van der Waals surface area (Å²) in [6, 6.07) is 3.48. The van der Waals surface area contributed by atoms with Gasteiger partial charge in [0.1, 0.15) is 5.82 Å². The number of nitrogens with zero attached hydrogens (tertiary/aromatic N) is 1. The van der Waals surface area contributed by atoms with Crippen molar-refractivity contribution in [3.05, 3.63) is 29.7 Å². The molecule has 25 heavy (non-hydrogen) atoms. The lowest BCUT2D eigenvalue weighted by molar-refractivity contribution is -0.134. The number of hydrogen-bond acceptors (Lipinski definition) is 4. The molecule has 6 heteroatoms. The van der Waals surface area contributed by atoms with E-state index in [1.54, 1.807) is 12.1 Å². The van der Waals surface area contributed by atoms with Gasteiger partial charge in [-0.25, -0.2) is 9.78 Å². The van der Waals surface area contributed by atoms with Crippen LogP contribution in [0.4, 0.5) is 10.2 Å². The fraction of sp³-hybridized carbons (Fsp3) is 0.579. The Morgan fingerprint density at radius 3 is 2.80 bits per heavy atom. The van der Waals surface area contributed by atoms with E-state index in [2.05, 4.69) is 15.6 Å². The highest BCUT2D eigenvalue weighted by atomic mass is 19.1. The van der Waals surface area contributed by atoms with Crippen molar-refractivity contribution in [3.8, 4) is 0 Å². The van der Waals surface area contributed by atoms with Crippen LogP contribution in [0.25, 0.3) is 6.08 Å². The zero-order valence-electron chi connectivity index (χ0n) is 14.4. The minimum Gasteiger partial charge on any atom is -0.476 e. The Bertz CT molecular complexity index is 618. The van der Waals surface area contributed by atoms with Crippen molar-refractivity contribution >= 4 is 17.9 Å². The molecule has 2 fully saturated rings. The minimum atomic E-state index is -1.56. The molecule has 1 saturated heterocycles. The third-order valence-electron chi connectivity index (χ3n) is 5.33. The summed E-state index contributed by atoms with van der Waals surface area (Å²) in [5.74, 6) is -1.22. The maximum Gasteiger partial charge on any atom is 0.364 e. The molecule has 1 aromatic heterocycles. The molecule has 1 saturated carbocycles. The summed E-state index contributed by atoms with van der Waals surface area (Å²) in [5.41, 5.74) is 0.468. The first kappa shape index (κ1) is 17.9. The van der Waals surface area contributed by atoms with Crippen LogP contribution in [0.5, 0.6) is 0 Å². The summed E-state index contributed by atoms with van der Waals surface area (Å²) in [5, 5.41) is 15.7. The van der Waals surface area contributed by atoms with Crippen LogP contribution in [-0.4, -0.2) is 34.7 Å². The van der Waals surface area contributed by atoms with Crippen LogP contribution < -0.4 is 10.6 Å². The molecule has 2 heterocycles. The van der Waals surface area contributed by atoms with Crippen molar-refractivity contribution < 1.29 is 14.3 Å². The molecule has 3 N–H and O–H groups in total. The number of halogens is 1. The fourth-order valence-corrected chi connectivity index (χ4v) is 4.06. The Morgan fingerprint density at radius 1 is 1.40 bits per heavy atom. The van der Waals surface area contributed by atoms with Crippen LogP contribution in [0, 0.1) is 5.92 Å². The van der Waals surface area contributed by atoms with Gasteiger partial charge in [-0.2, -0.15) is 4.39 Å². The van der Waals surface area contributed by atoms with Crippen molar-refractivity contribution in [2.75, 3.05) is 18.4 Å². The third kappa shape index (κ3) is 4.78. The van der Waals surface area contributed by atoms with Gasteiger partial charge in [-0.15, -0.1) is 0 Å². The topological polar surface area (TPSA) is 74.2 Å². The first-order valence-corrected chi connectivity index (χ1v) is 9.12. The van der Waals surface area contributed by atoms with Crippen molar-refractivity contribution in [2.45, 2.75) is 50.5 Å². The van der Waals surface area contributed by atoms with Crippen molar-refractivity contribution in [2.24, 2.45) is 5.92 Å². The van der Waals surface area contributed by atoms with Crippen LogP contribution in [-0.2, 0) is 4.79 Å². The van der Waals surface area contributed by atoms with Gasteiger partial charge in [-0.3, -0.25) is 0 Å². The number of carbonyl (C=O) groups is 1. The minimum absolute atomic E-state index is 0.0265. The summed E-state index contributed by atoms with van der Waals surface area (Å²) >= 11 is 0. The van der Waals surface area contributed by atoms with Gasteiger partial charge in [0, 0.05) is 12.7 Å². The van der Waals surface area contributed by atoms with Gasteiger partial charge in [0.2, 0.25) is 5.83 Å². The van der Waals surface area contributed by atoms with Gasteiger partial charge in [-0.1, -0.05) is 32.1 Å². The second-order valence-electron chi connectivity index (χ2n) is 7.31. The summed E-state index contributed by atoms with van der Waals surface area (Å²) in [7, 11) is 0. The number of rotatable bonds is 6. The van der Waals surface area contributed by atoms with Gasteiger partial charge in [-0.05, 0) is 49.1 Å². The number of nitrogens with one attached hydrogen (secondary N) is 2. The molecule has 0 bridgehead atoms. The summed E-state index contributed by atoms with van der Waals surface area (Å²) in [4.78, 5) is 14.9. The van der Waals surface area contributed by atoms with E-state index < -0.39 is 11.8 Å². The molecule has 0 unspecified atom stereocenters. The lowest BCUT2D eigenvalue weighted by Crippen LogP contribution is -2.42. The van der Waals surface area contributed by atoms with Crippen molar-refractivity contribution in [1.29, 1.82) is 0 Å². The van der Waals surface area contributed by atoms with Gasteiger partial charge >= 0.3 is 5.97 Å². The molecule has 1 aliphatic heterocycles. The molecule has 1 atom stereocenters. The van der Waals surface area contributed by atoms with E-state index in [1.165, 1.54) is 38.3 Å². The van der Waals surface area contributed by atoms with Gasteiger partial charge in [0.25, 0.3) is 0 Å². The van der Waals surface area contributed by atoms with E-state index in [0.29, 0.717) is 5.56 Å². The average Bonchev–Trinajstić information content (AvgIpc) is 3.05. The number of pyridine rings is 1. The van der Waals surface area contributed by atoms with Gasteiger partial charge in [0.05, 0.1) is 5.54 Å². The first-order chi connectivity index (χ1) is 12.1. The molecule has 0 spiro atoms. The highest BCUT2D eigenvalue weighted by molar-refractivity contribution is 5.89. The Hall–Kier alpha value is -1.95. The second-order valence-corrected chi connectivity index (χ2v) is 7.31. The number of aliphatic carboxylic acids is 1. The molecule has 1 aliphatic carbocycles. The molecule has 0 radical (unpaired) electrons. The van der Waals surface area contributed by atoms with E-state index in [9.17, 15) is 9.18 Å². The lowest BCUT2D eigenvalue weighted by atomic mass is 9.79. The normalized spacial score (nSPS) is 25.1. The SMILES string of the molecule is O=C(O)/C(F)=C/c1ccc(N[C@]2(CC3CCCCC3)CCNC2)nc1. The number of hydrogen-bond donors (Lipinski definition) is 3. The van der Waals surface area contributed by atoms with Crippen LogP contribution in [0.2, 0.25) is 0 Å². The molecule has 0 aromatic carbocycles. The van der Waals surface area contributed by atoms with E-state index in [0.717, 1.165) is 43.7 Å². The number of anilines is 1. The van der Waals surface area contributed by atoms with Gasteiger partial charge < -0.3 is 15.7 Å². The molecule has 5 nitrogen and oxygen atoms in total. The molecule has 1 aromatic rings. The lowest BCUT2D eigenvalue weighted by Gasteiger charge is -2.35. The van der Waals surface area contributed by atoms with Gasteiger partial charge in [0.15, 0.2) is 0 Å². The largest absolute Gasteiger partial charge is 0.476 e. The van der Waals surface area contributed by atoms with E-state index >= 15 is 0 Å². The van der Waals surface area contributed by atoms with E-state index in [-0.39, 0.29) is 5.54 Å². The monoisotopic (exact) mass is 347 g/mol. The predicted octanol–water partition coefficient (Wildman–Crippen LogP) is 3.59. The van der Waals surface area contributed by atoms with Crippen LogP contribution in [0.1, 0.15) is 50.5 Å². The van der Waals surface area contributed by atoms with E-state index in [4.69, 9.17) is 5.11 Å². The summed E-state index contributed by atoms with van der Waals surface area (Å²) < 4.78 is 13.2. The smallest absolute Gasteiger partial charge is 0.364 e. The summed E-state index contributed by atoms with van der Waals surface area (Å²) in [6.45, 7) is 1.94. The van der Waals surface area contributed by atoms with Crippen molar-refractivity contribution in [1.82, 2.24) is 10.3 Å². The summed E-state index contributed by atoms with van der Waals surface area (Å²) in [6.07, 6.45) is 11.4. The van der Waals surface area contributed by atoms with Crippen LogP contribution >= 0.6 is 0 Å². The standard InChI is InChI=1S/C19H26FN3O2/c20-16(18(24)25)10-15-6-7-17(22-12-15)23-19(8-9-21-13-19)11-14-4-2-1-3-5-14/h6-7,10,12,14,21H,1-5,8-9,11,13H2,(H,22,23)(H,24,25)/b16-10-/t19-/m0/s1. The van der Waals surface area contributed by atoms with Crippen LogP contribution in [0.15, 0.2) is 24.2 Å². The maximum atomic E-state index is 13.2. The Balaban J connectivity index is 1.67. The first-order valence-electron chi connectivity index (χ1n) is 9.12. The van der Waals surface area contributed by atoms with E-state index in [1.807, 2.05) is 0 Å². The number of aromatic nitrogens is 1. The molecule has 3 rings (SSSR count). The number of carboxylic acid groups (broad SMARTS) is 1. The molecule has 2 aliphatic rings. The zero-order valence-corrected chi connectivity index (χ0v) is 14.4. The molecule has 0 amide bonds. The highest BCUT2D eigenvalue weighted by Gasteiger charge is 2.36. The molecule has 136 valence electrons. The Kier molecular flexibility index (Phi) is 5.68. The second kappa shape index (κ2) is 7.95.